The summed E-state index contributed by atoms with van der Waals surface area (Å²) in [6.45, 7) is 1.88. The topological polar surface area (TPSA) is 108 Å². The molecule has 0 amide bonds. The summed E-state index contributed by atoms with van der Waals surface area (Å²) in [7, 11) is -1.02. The number of nitrogens with one attached hydrogen (secondary N) is 1. The van der Waals surface area contributed by atoms with Crippen LogP contribution in [0.25, 0.3) is 5.69 Å². The molecule has 0 saturated carbocycles. The maximum absolute atomic E-state index is 12.7. The summed E-state index contributed by atoms with van der Waals surface area (Å²) < 4.78 is 39.7. The predicted molar refractivity (Wildman–Crippen MR) is 97.5 cm³/mol. The van der Waals surface area contributed by atoms with Crippen molar-refractivity contribution in [3.8, 4) is 17.2 Å². The van der Waals surface area contributed by atoms with Crippen molar-refractivity contribution in [1.82, 2.24) is 24.9 Å². The smallest absolute Gasteiger partial charge is 0.244 e. The van der Waals surface area contributed by atoms with E-state index >= 15 is 0 Å². The lowest BCUT2D eigenvalue weighted by Gasteiger charge is -2.12. The summed E-state index contributed by atoms with van der Waals surface area (Å²) >= 11 is 0. The molecule has 1 heterocycles. The third kappa shape index (κ3) is 4.07. The first kappa shape index (κ1) is 18.8. The number of ether oxygens (including phenoxy) is 2. The van der Waals surface area contributed by atoms with Gasteiger partial charge in [-0.1, -0.05) is 17.7 Å². The molecular weight excluding hydrogens is 370 g/mol. The molecule has 0 aliphatic carbocycles. The monoisotopic (exact) mass is 389 g/mol. The van der Waals surface area contributed by atoms with E-state index in [9.17, 15) is 8.42 Å². The van der Waals surface area contributed by atoms with Gasteiger partial charge in [0.15, 0.2) is 5.82 Å². The van der Waals surface area contributed by atoms with Gasteiger partial charge in [-0.3, -0.25) is 0 Å². The lowest BCUT2D eigenvalue weighted by atomic mass is 10.2. The van der Waals surface area contributed by atoms with Gasteiger partial charge < -0.3 is 9.47 Å². The number of hydrogen-bond donors (Lipinski definition) is 1. The molecule has 0 fully saturated rings. The Morgan fingerprint density at radius 2 is 1.81 bits per heavy atom. The van der Waals surface area contributed by atoms with Crippen molar-refractivity contribution in [2.24, 2.45) is 0 Å². The number of aromatic nitrogens is 4. The highest BCUT2D eigenvalue weighted by Gasteiger charge is 2.21. The molecule has 27 heavy (non-hydrogen) atoms. The normalized spacial score (nSPS) is 11.4. The summed E-state index contributed by atoms with van der Waals surface area (Å²) in [4.78, 5) is -0.0290. The number of sulfonamides is 1. The molecule has 0 bridgehead atoms. The van der Waals surface area contributed by atoms with Gasteiger partial charge in [0.25, 0.3) is 0 Å². The largest absolute Gasteiger partial charge is 0.497 e. The fraction of sp³-hybridized carbons (Fsp3) is 0.235. The Balaban J connectivity index is 1.85. The fourth-order valence-corrected chi connectivity index (χ4v) is 3.60. The highest BCUT2D eigenvalue weighted by molar-refractivity contribution is 7.89. The molecule has 0 spiro atoms. The molecule has 0 aliphatic rings. The van der Waals surface area contributed by atoms with Crippen LogP contribution in [0.15, 0.2) is 47.4 Å². The minimum Gasteiger partial charge on any atom is -0.497 e. The summed E-state index contributed by atoms with van der Waals surface area (Å²) in [5, 5.41) is 11.5. The summed E-state index contributed by atoms with van der Waals surface area (Å²) in [5.74, 6) is 0.964. The lowest BCUT2D eigenvalue weighted by Crippen LogP contribution is -2.25. The van der Waals surface area contributed by atoms with Gasteiger partial charge in [-0.25, -0.2) is 13.1 Å². The van der Waals surface area contributed by atoms with Crippen molar-refractivity contribution >= 4 is 10.0 Å². The Hall–Kier alpha value is -2.98. The van der Waals surface area contributed by atoms with E-state index in [1.807, 2.05) is 31.2 Å². The van der Waals surface area contributed by atoms with Crippen molar-refractivity contribution < 1.29 is 17.9 Å². The predicted octanol–water partition coefficient (Wildman–Crippen LogP) is 1.47. The molecule has 3 aromatic rings. The molecule has 2 aromatic carbocycles. The summed E-state index contributed by atoms with van der Waals surface area (Å²) in [6.07, 6.45) is 0. The van der Waals surface area contributed by atoms with Crippen LogP contribution < -0.4 is 14.2 Å². The van der Waals surface area contributed by atoms with Crippen LogP contribution in [0.3, 0.4) is 0 Å². The van der Waals surface area contributed by atoms with Gasteiger partial charge in [0, 0.05) is 6.07 Å². The molecule has 0 unspecified atom stereocenters. The number of nitrogens with zero attached hydrogens (tertiary/aromatic N) is 4. The van der Waals surface area contributed by atoms with Gasteiger partial charge in [-0.05, 0) is 41.6 Å². The summed E-state index contributed by atoms with van der Waals surface area (Å²) in [6, 6.07) is 12.1. The zero-order valence-corrected chi connectivity index (χ0v) is 15.9. The standard InChI is InChI=1S/C17H19N5O4S/c1-12-4-6-13(7-5-12)22-17(19-20-21-22)11-18-27(23,24)16-10-14(25-2)8-9-15(16)26-3/h4-10,18H,11H2,1-3H3. The van der Waals surface area contributed by atoms with Crippen molar-refractivity contribution in [2.45, 2.75) is 18.4 Å². The van der Waals surface area contributed by atoms with Crippen LogP contribution in [0.4, 0.5) is 0 Å². The minimum atomic E-state index is -3.88. The Labute approximate surface area is 157 Å². The molecule has 9 nitrogen and oxygen atoms in total. The van der Waals surface area contributed by atoms with E-state index in [1.165, 1.54) is 31.0 Å². The van der Waals surface area contributed by atoms with Crippen molar-refractivity contribution in [2.75, 3.05) is 14.2 Å². The Morgan fingerprint density at radius 1 is 1.07 bits per heavy atom. The average molecular weight is 389 g/mol. The maximum Gasteiger partial charge on any atom is 0.244 e. The molecule has 0 atom stereocenters. The van der Waals surface area contributed by atoms with E-state index < -0.39 is 10.0 Å². The molecule has 1 N–H and O–H groups in total. The van der Waals surface area contributed by atoms with Crippen LogP contribution in [-0.2, 0) is 16.6 Å². The van der Waals surface area contributed by atoms with Gasteiger partial charge in [-0.2, -0.15) is 4.68 Å². The lowest BCUT2D eigenvalue weighted by molar-refractivity contribution is 0.392. The molecule has 0 radical (unpaired) electrons. The van der Waals surface area contributed by atoms with Crippen LogP contribution in [0.2, 0.25) is 0 Å². The highest BCUT2D eigenvalue weighted by atomic mass is 32.2. The van der Waals surface area contributed by atoms with E-state index in [4.69, 9.17) is 9.47 Å². The van der Waals surface area contributed by atoms with Crippen molar-refractivity contribution in [3.05, 3.63) is 53.9 Å². The number of methoxy groups -OCH3 is 2. The molecule has 1 aromatic heterocycles. The SMILES string of the molecule is COc1ccc(OC)c(S(=O)(=O)NCc2nnnn2-c2ccc(C)cc2)c1. The summed E-state index contributed by atoms with van der Waals surface area (Å²) in [5.41, 5.74) is 1.83. The Kier molecular flexibility index (Phi) is 5.38. The second kappa shape index (κ2) is 7.72. The Bertz CT molecular complexity index is 1030. The van der Waals surface area contributed by atoms with Crippen LogP contribution in [-0.4, -0.2) is 42.8 Å². The van der Waals surface area contributed by atoms with Crippen molar-refractivity contribution in [3.63, 3.8) is 0 Å². The van der Waals surface area contributed by atoms with E-state index in [2.05, 4.69) is 20.2 Å². The van der Waals surface area contributed by atoms with Crippen LogP contribution in [0.1, 0.15) is 11.4 Å². The quantitative estimate of drug-likeness (QED) is 0.652. The second-order valence-corrected chi connectivity index (χ2v) is 7.42. The Morgan fingerprint density at radius 3 is 2.48 bits per heavy atom. The van der Waals surface area contributed by atoms with E-state index in [-0.39, 0.29) is 17.2 Å². The molecule has 0 saturated heterocycles. The van der Waals surface area contributed by atoms with Crippen LogP contribution in [0.5, 0.6) is 11.5 Å². The fourth-order valence-electron chi connectivity index (χ4n) is 2.43. The van der Waals surface area contributed by atoms with Gasteiger partial charge >= 0.3 is 0 Å². The van der Waals surface area contributed by atoms with E-state index in [0.717, 1.165) is 11.3 Å². The first-order chi connectivity index (χ1) is 12.9. The zero-order valence-electron chi connectivity index (χ0n) is 15.1. The molecule has 0 aliphatic heterocycles. The van der Waals surface area contributed by atoms with Gasteiger partial charge in [0.2, 0.25) is 10.0 Å². The number of rotatable bonds is 7. The second-order valence-electron chi connectivity index (χ2n) is 5.68. The van der Waals surface area contributed by atoms with Gasteiger partial charge in [-0.15, -0.1) is 5.10 Å². The first-order valence-electron chi connectivity index (χ1n) is 8.00. The van der Waals surface area contributed by atoms with Crippen LogP contribution in [0, 0.1) is 6.92 Å². The van der Waals surface area contributed by atoms with E-state index in [0.29, 0.717) is 11.6 Å². The van der Waals surface area contributed by atoms with E-state index in [1.54, 1.807) is 6.07 Å². The number of benzene rings is 2. The minimum absolute atomic E-state index is 0.0290. The molecule has 142 valence electrons. The van der Waals surface area contributed by atoms with Gasteiger partial charge in [0.05, 0.1) is 26.5 Å². The number of tetrazole rings is 1. The average Bonchev–Trinajstić information content (AvgIpc) is 3.15. The van der Waals surface area contributed by atoms with Gasteiger partial charge in [0.1, 0.15) is 16.4 Å². The molecular formula is C17H19N5O4S. The third-order valence-electron chi connectivity index (χ3n) is 3.89. The van der Waals surface area contributed by atoms with Crippen molar-refractivity contribution in [1.29, 1.82) is 0 Å². The maximum atomic E-state index is 12.7. The number of aryl methyl sites for hydroxylation is 1. The molecule has 3 rings (SSSR count). The third-order valence-corrected chi connectivity index (χ3v) is 5.32. The first-order valence-corrected chi connectivity index (χ1v) is 9.49. The number of hydrogen-bond acceptors (Lipinski definition) is 7. The van der Waals surface area contributed by atoms with Crippen LogP contribution >= 0.6 is 0 Å². The molecule has 10 heteroatoms. The highest BCUT2D eigenvalue weighted by Crippen LogP contribution is 2.28. The zero-order chi connectivity index (χ0) is 19.4.